The second kappa shape index (κ2) is 4.46. The maximum Gasteiger partial charge on any atom is 0.350 e. The van der Waals surface area contributed by atoms with Crippen LogP contribution in [0.5, 0.6) is 0 Å². The van der Waals surface area contributed by atoms with Crippen LogP contribution in [0.25, 0.3) is 0 Å². The largest absolute Gasteiger partial charge is 0.457 e. The van der Waals surface area contributed by atoms with Gasteiger partial charge in [0, 0.05) is 5.56 Å². The van der Waals surface area contributed by atoms with Gasteiger partial charge in [-0.05, 0) is 28.3 Å². The minimum atomic E-state index is -0.353. The number of hydrogen-bond donors (Lipinski definition) is 1. The molecule has 2 heterocycles. The lowest BCUT2D eigenvalue weighted by atomic mass is 10.3. The summed E-state index contributed by atoms with van der Waals surface area (Å²) in [7, 11) is 0. The first-order valence-electron chi connectivity index (χ1n) is 4.28. The van der Waals surface area contributed by atoms with E-state index in [1.54, 1.807) is 22.8 Å². The minimum Gasteiger partial charge on any atom is -0.457 e. The highest BCUT2D eigenvalue weighted by molar-refractivity contribution is 7.12. The quantitative estimate of drug-likeness (QED) is 0.838. The van der Waals surface area contributed by atoms with Crippen LogP contribution < -0.4 is 5.73 Å². The van der Waals surface area contributed by atoms with Crippen molar-refractivity contribution in [1.29, 1.82) is 0 Å². The summed E-state index contributed by atoms with van der Waals surface area (Å²) < 4.78 is 5.11. The maximum atomic E-state index is 11.5. The molecule has 5 heteroatoms. The fourth-order valence-electron chi connectivity index (χ4n) is 1.07. The van der Waals surface area contributed by atoms with Crippen LogP contribution in [0.3, 0.4) is 0 Å². The van der Waals surface area contributed by atoms with Crippen LogP contribution in [-0.4, -0.2) is 5.97 Å². The van der Waals surface area contributed by atoms with Gasteiger partial charge in [0.2, 0.25) is 0 Å². The Morgan fingerprint density at radius 3 is 2.87 bits per heavy atom. The molecule has 3 nitrogen and oxygen atoms in total. The normalized spacial score (nSPS) is 10.1. The molecule has 0 fully saturated rings. The van der Waals surface area contributed by atoms with Crippen LogP contribution in [0.4, 0.5) is 5.69 Å². The van der Waals surface area contributed by atoms with Crippen molar-refractivity contribution < 1.29 is 9.53 Å². The van der Waals surface area contributed by atoms with Gasteiger partial charge in [-0.2, -0.15) is 11.3 Å². The molecule has 0 radical (unpaired) electrons. The molecule has 15 heavy (non-hydrogen) atoms. The van der Waals surface area contributed by atoms with E-state index in [4.69, 9.17) is 10.5 Å². The molecule has 2 aromatic rings. The van der Waals surface area contributed by atoms with Gasteiger partial charge < -0.3 is 10.5 Å². The third kappa shape index (κ3) is 2.37. The number of thiophene rings is 2. The van der Waals surface area contributed by atoms with Gasteiger partial charge in [-0.25, -0.2) is 4.79 Å². The summed E-state index contributed by atoms with van der Waals surface area (Å²) in [5.74, 6) is -0.353. The molecule has 0 aliphatic rings. The Hall–Kier alpha value is -1.33. The third-order valence-electron chi connectivity index (χ3n) is 1.83. The number of hydrogen-bond acceptors (Lipinski definition) is 5. The van der Waals surface area contributed by atoms with E-state index in [1.807, 2.05) is 16.8 Å². The molecule has 0 amide bonds. The highest BCUT2D eigenvalue weighted by atomic mass is 32.1. The summed E-state index contributed by atoms with van der Waals surface area (Å²) in [5, 5.41) is 5.67. The smallest absolute Gasteiger partial charge is 0.350 e. The Bertz CT molecular complexity index is 448. The number of carbonyl (C=O) groups excluding carboxylic acids is 1. The molecule has 0 saturated carbocycles. The molecule has 0 bridgehead atoms. The van der Waals surface area contributed by atoms with Crippen molar-refractivity contribution in [2.75, 3.05) is 5.73 Å². The van der Waals surface area contributed by atoms with E-state index in [9.17, 15) is 4.79 Å². The lowest BCUT2D eigenvalue weighted by Crippen LogP contribution is -2.04. The van der Waals surface area contributed by atoms with Crippen molar-refractivity contribution >= 4 is 34.3 Å². The topological polar surface area (TPSA) is 52.3 Å². The fraction of sp³-hybridized carbons (Fsp3) is 0.100. The summed E-state index contributed by atoms with van der Waals surface area (Å²) in [5.41, 5.74) is 7.09. The van der Waals surface area contributed by atoms with Crippen molar-refractivity contribution in [2.45, 2.75) is 6.61 Å². The Morgan fingerprint density at radius 2 is 2.27 bits per heavy atom. The van der Waals surface area contributed by atoms with Gasteiger partial charge in [0.1, 0.15) is 11.5 Å². The van der Waals surface area contributed by atoms with Gasteiger partial charge in [0.05, 0.1) is 5.69 Å². The van der Waals surface area contributed by atoms with E-state index in [0.717, 1.165) is 5.56 Å². The van der Waals surface area contributed by atoms with E-state index >= 15 is 0 Å². The van der Waals surface area contributed by atoms with Gasteiger partial charge in [-0.1, -0.05) is 0 Å². The van der Waals surface area contributed by atoms with Gasteiger partial charge >= 0.3 is 5.97 Å². The molecule has 0 aromatic carbocycles. The first kappa shape index (κ1) is 10.2. The van der Waals surface area contributed by atoms with Gasteiger partial charge in [-0.15, -0.1) is 11.3 Å². The second-order valence-corrected chi connectivity index (χ2v) is 4.61. The number of esters is 1. The van der Waals surface area contributed by atoms with Crippen molar-refractivity contribution in [3.05, 3.63) is 38.7 Å². The van der Waals surface area contributed by atoms with Crippen LogP contribution in [-0.2, 0) is 11.3 Å². The van der Waals surface area contributed by atoms with Gasteiger partial charge in [0.15, 0.2) is 0 Å². The maximum absolute atomic E-state index is 11.5. The molecule has 78 valence electrons. The molecule has 2 N–H and O–H groups in total. The van der Waals surface area contributed by atoms with E-state index < -0.39 is 0 Å². The van der Waals surface area contributed by atoms with E-state index in [1.165, 1.54) is 11.3 Å². The summed E-state index contributed by atoms with van der Waals surface area (Å²) in [4.78, 5) is 12.0. The SMILES string of the molecule is Nc1ccsc1C(=O)OCc1ccsc1. The highest BCUT2D eigenvalue weighted by Gasteiger charge is 2.12. The van der Waals surface area contributed by atoms with E-state index in [0.29, 0.717) is 17.2 Å². The monoisotopic (exact) mass is 239 g/mol. The fourth-order valence-corrected chi connectivity index (χ4v) is 2.44. The van der Waals surface area contributed by atoms with E-state index in [2.05, 4.69) is 0 Å². The summed E-state index contributed by atoms with van der Waals surface area (Å²) in [6.07, 6.45) is 0. The Morgan fingerprint density at radius 1 is 1.40 bits per heavy atom. The predicted octanol–water partition coefficient (Wildman–Crippen LogP) is 2.75. The molecule has 2 rings (SSSR count). The summed E-state index contributed by atoms with van der Waals surface area (Å²) >= 11 is 2.88. The lowest BCUT2D eigenvalue weighted by Gasteiger charge is -2.01. The molecule has 2 aromatic heterocycles. The van der Waals surface area contributed by atoms with Crippen molar-refractivity contribution in [2.24, 2.45) is 0 Å². The van der Waals surface area contributed by atoms with Crippen LogP contribution in [0.15, 0.2) is 28.3 Å². The van der Waals surface area contributed by atoms with Gasteiger partial charge in [-0.3, -0.25) is 0 Å². The first-order chi connectivity index (χ1) is 7.27. The Kier molecular flexibility index (Phi) is 3.03. The van der Waals surface area contributed by atoms with Crippen molar-refractivity contribution in [3.8, 4) is 0 Å². The number of carbonyl (C=O) groups is 1. The van der Waals surface area contributed by atoms with Crippen LogP contribution >= 0.6 is 22.7 Å². The molecule has 0 atom stereocenters. The third-order valence-corrected chi connectivity index (χ3v) is 3.47. The highest BCUT2D eigenvalue weighted by Crippen LogP contribution is 2.20. The zero-order valence-electron chi connectivity index (χ0n) is 7.80. The van der Waals surface area contributed by atoms with Crippen molar-refractivity contribution in [1.82, 2.24) is 0 Å². The number of rotatable bonds is 3. The number of anilines is 1. The summed E-state index contributed by atoms with van der Waals surface area (Å²) in [6.45, 7) is 0.305. The average molecular weight is 239 g/mol. The molecule has 0 aliphatic carbocycles. The standard InChI is InChI=1S/C10H9NO2S2/c11-8-2-4-15-9(8)10(12)13-5-7-1-3-14-6-7/h1-4,6H,5,11H2. The molecular formula is C10H9NO2S2. The number of nitrogens with two attached hydrogens (primary N) is 1. The summed E-state index contributed by atoms with van der Waals surface area (Å²) in [6, 6.07) is 3.63. The molecular weight excluding hydrogens is 230 g/mol. The Balaban J connectivity index is 1.96. The molecule has 0 unspecified atom stereocenters. The van der Waals surface area contributed by atoms with Crippen LogP contribution in [0, 0.1) is 0 Å². The predicted molar refractivity (Wildman–Crippen MR) is 62.2 cm³/mol. The molecule has 0 aliphatic heterocycles. The van der Waals surface area contributed by atoms with Crippen molar-refractivity contribution in [3.63, 3.8) is 0 Å². The number of nitrogen functional groups attached to an aromatic ring is 1. The lowest BCUT2D eigenvalue weighted by molar-refractivity contribution is 0.0480. The first-order valence-corrected chi connectivity index (χ1v) is 6.11. The minimum absolute atomic E-state index is 0.305. The van der Waals surface area contributed by atoms with E-state index in [-0.39, 0.29) is 5.97 Å². The van der Waals surface area contributed by atoms with Crippen LogP contribution in [0.2, 0.25) is 0 Å². The molecule has 0 saturated heterocycles. The Labute approximate surface area is 95.1 Å². The second-order valence-electron chi connectivity index (χ2n) is 2.91. The number of ether oxygens (including phenoxy) is 1. The molecule has 0 spiro atoms. The van der Waals surface area contributed by atoms with Crippen LogP contribution in [0.1, 0.15) is 15.2 Å². The van der Waals surface area contributed by atoms with Gasteiger partial charge in [0.25, 0.3) is 0 Å². The zero-order chi connectivity index (χ0) is 10.7. The zero-order valence-corrected chi connectivity index (χ0v) is 9.44. The average Bonchev–Trinajstić information content (AvgIpc) is 2.84.